The van der Waals surface area contributed by atoms with E-state index in [0.29, 0.717) is 12.3 Å². The first-order chi connectivity index (χ1) is 10.3. The van der Waals surface area contributed by atoms with Crippen LogP contribution in [0.15, 0.2) is 51.9 Å². The van der Waals surface area contributed by atoms with Crippen molar-refractivity contribution in [2.75, 3.05) is 5.32 Å². The number of carbonyl (C=O) groups excluding carboxylic acids is 1. The summed E-state index contributed by atoms with van der Waals surface area (Å²) in [6, 6.07) is 9.35. The van der Waals surface area contributed by atoms with Crippen LogP contribution in [0.3, 0.4) is 0 Å². The van der Waals surface area contributed by atoms with Gasteiger partial charge in [-0.05, 0) is 53.1 Å². The van der Waals surface area contributed by atoms with E-state index in [9.17, 15) is 4.79 Å². The summed E-state index contributed by atoms with van der Waals surface area (Å²) in [7, 11) is 0. The Bertz CT molecular complexity index is 691. The van der Waals surface area contributed by atoms with Gasteiger partial charge in [-0.1, -0.05) is 0 Å². The average molecular weight is 299 g/mol. The van der Waals surface area contributed by atoms with Crippen molar-refractivity contribution in [2.24, 2.45) is 0 Å². The lowest BCUT2D eigenvalue weighted by atomic mass is 10.1. The lowest BCUT2D eigenvalue weighted by Crippen LogP contribution is -2.12. The summed E-state index contributed by atoms with van der Waals surface area (Å²) < 4.78 is 5.11. The summed E-state index contributed by atoms with van der Waals surface area (Å²) in [6.45, 7) is 0. The van der Waals surface area contributed by atoms with E-state index in [1.165, 1.54) is 12.0 Å². The van der Waals surface area contributed by atoms with Gasteiger partial charge in [0.1, 0.15) is 0 Å². The summed E-state index contributed by atoms with van der Waals surface area (Å²) in [5.41, 5.74) is 2.78. The number of thiophene rings is 1. The molecule has 0 radical (unpaired) electrons. The molecule has 0 fully saturated rings. The van der Waals surface area contributed by atoms with Crippen LogP contribution >= 0.6 is 11.3 Å². The summed E-state index contributed by atoms with van der Waals surface area (Å²) in [6.07, 6.45) is 2.52. The normalized spacial score (nSPS) is 10.5. The lowest BCUT2D eigenvalue weighted by molar-refractivity contribution is -0.116. The molecule has 0 aliphatic heterocycles. The summed E-state index contributed by atoms with van der Waals surface area (Å²) in [5, 5.41) is 14.4. The van der Waals surface area contributed by atoms with Crippen LogP contribution in [0.4, 0.5) is 5.69 Å². The fourth-order valence-electron chi connectivity index (χ4n) is 1.91. The van der Waals surface area contributed by atoms with E-state index in [0.717, 1.165) is 17.7 Å². The number of carbonyl (C=O) groups is 1. The lowest BCUT2D eigenvalue weighted by Gasteiger charge is -2.05. The Morgan fingerprint density at radius 2 is 2.10 bits per heavy atom. The van der Waals surface area contributed by atoms with Crippen molar-refractivity contribution < 1.29 is 9.21 Å². The number of nitrogens with zero attached hydrogens (tertiary/aromatic N) is 2. The Morgan fingerprint density at radius 3 is 2.76 bits per heavy atom. The number of aryl methyl sites for hydroxylation is 1. The van der Waals surface area contributed by atoms with E-state index in [2.05, 4.69) is 20.9 Å². The molecule has 3 rings (SSSR count). The largest absolute Gasteiger partial charge is 0.423 e. The maximum absolute atomic E-state index is 11.9. The Labute approximate surface area is 125 Å². The topological polar surface area (TPSA) is 68.0 Å². The highest BCUT2D eigenvalue weighted by Gasteiger charge is 2.06. The van der Waals surface area contributed by atoms with Crippen molar-refractivity contribution >= 4 is 22.9 Å². The number of hydrogen-bond donors (Lipinski definition) is 1. The number of benzene rings is 1. The maximum atomic E-state index is 11.9. The molecule has 0 unspecified atom stereocenters. The van der Waals surface area contributed by atoms with E-state index in [1.54, 1.807) is 11.3 Å². The van der Waals surface area contributed by atoms with Gasteiger partial charge in [-0.15, -0.1) is 10.2 Å². The molecule has 0 aliphatic rings. The predicted octanol–water partition coefficient (Wildman–Crippen LogP) is 3.37. The summed E-state index contributed by atoms with van der Waals surface area (Å²) >= 11 is 1.64. The van der Waals surface area contributed by atoms with Crippen LogP contribution in [0.1, 0.15) is 12.0 Å². The van der Waals surface area contributed by atoms with E-state index in [1.807, 2.05) is 35.7 Å². The number of rotatable bonds is 5. The molecule has 1 amide bonds. The first-order valence-corrected chi connectivity index (χ1v) is 7.43. The molecule has 3 aromatic rings. The minimum absolute atomic E-state index is 0.00624. The second-order valence-corrected chi connectivity index (χ2v) is 5.28. The second-order valence-electron chi connectivity index (χ2n) is 4.50. The summed E-state index contributed by atoms with van der Waals surface area (Å²) in [5.74, 6) is 0.470. The minimum atomic E-state index is 0.00624. The zero-order chi connectivity index (χ0) is 14.5. The van der Waals surface area contributed by atoms with Gasteiger partial charge < -0.3 is 9.73 Å². The van der Waals surface area contributed by atoms with E-state index >= 15 is 0 Å². The van der Waals surface area contributed by atoms with Crippen molar-refractivity contribution in [2.45, 2.75) is 12.8 Å². The fourth-order valence-corrected chi connectivity index (χ4v) is 2.61. The van der Waals surface area contributed by atoms with Crippen molar-refractivity contribution in [1.82, 2.24) is 10.2 Å². The van der Waals surface area contributed by atoms with Crippen molar-refractivity contribution in [3.63, 3.8) is 0 Å². The minimum Gasteiger partial charge on any atom is -0.423 e. The average Bonchev–Trinajstić information content (AvgIpc) is 3.19. The third-order valence-electron chi connectivity index (χ3n) is 3.00. The molecule has 0 aliphatic carbocycles. The molecule has 5 nitrogen and oxygen atoms in total. The predicted molar refractivity (Wildman–Crippen MR) is 81.0 cm³/mol. The molecule has 2 heterocycles. The van der Waals surface area contributed by atoms with Gasteiger partial charge in [-0.3, -0.25) is 4.79 Å². The van der Waals surface area contributed by atoms with Crippen LogP contribution in [-0.4, -0.2) is 16.1 Å². The third-order valence-corrected chi connectivity index (χ3v) is 3.73. The Kier molecular flexibility index (Phi) is 4.07. The fraction of sp³-hybridized carbons (Fsp3) is 0.133. The van der Waals surface area contributed by atoms with Crippen LogP contribution in [0.2, 0.25) is 0 Å². The van der Waals surface area contributed by atoms with Gasteiger partial charge in [0.2, 0.25) is 18.2 Å². The number of anilines is 1. The molecule has 0 saturated carbocycles. The number of aromatic nitrogens is 2. The molecule has 106 valence electrons. The van der Waals surface area contributed by atoms with Gasteiger partial charge in [0, 0.05) is 17.7 Å². The number of hydrogen-bond acceptors (Lipinski definition) is 5. The monoisotopic (exact) mass is 299 g/mol. The zero-order valence-electron chi connectivity index (χ0n) is 11.2. The van der Waals surface area contributed by atoms with Crippen LogP contribution in [-0.2, 0) is 11.2 Å². The Balaban J connectivity index is 1.56. The van der Waals surface area contributed by atoms with Crippen LogP contribution in [0, 0.1) is 0 Å². The highest BCUT2D eigenvalue weighted by Crippen LogP contribution is 2.19. The second kappa shape index (κ2) is 6.32. The van der Waals surface area contributed by atoms with Crippen molar-refractivity contribution in [3.8, 4) is 11.5 Å². The van der Waals surface area contributed by atoms with Crippen molar-refractivity contribution in [1.29, 1.82) is 0 Å². The van der Waals surface area contributed by atoms with Crippen LogP contribution in [0.25, 0.3) is 11.5 Å². The highest BCUT2D eigenvalue weighted by atomic mass is 32.1. The molecule has 21 heavy (non-hydrogen) atoms. The van der Waals surface area contributed by atoms with Crippen LogP contribution in [0.5, 0.6) is 0 Å². The third kappa shape index (κ3) is 3.55. The van der Waals surface area contributed by atoms with E-state index < -0.39 is 0 Å². The molecule has 0 atom stereocenters. The van der Waals surface area contributed by atoms with Gasteiger partial charge in [0.05, 0.1) is 0 Å². The van der Waals surface area contributed by atoms with E-state index in [-0.39, 0.29) is 5.91 Å². The molecule has 0 spiro atoms. The quantitative estimate of drug-likeness (QED) is 0.784. The SMILES string of the molecule is O=C(CCc1ccsc1)Nc1ccc(-c2nnco2)cc1. The molecule has 0 saturated heterocycles. The van der Waals surface area contributed by atoms with E-state index in [4.69, 9.17) is 4.42 Å². The molecule has 6 heteroatoms. The molecule has 2 aromatic heterocycles. The van der Waals surface area contributed by atoms with Crippen molar-refractivity contribution in [3.05, 3.63) is 53.0 Å². The molecular weight excluding hydrogens is 286 g/mol. The molecule has 1 N–H and O–H groups in total. The highest BCUT2D eigenvalue weighted by molar-refractivity contribution is 7.07. The standard InChI is InChI=1S/C15H13N3O2S/c19-14(6-1-11-7-8-21-9-11)17-13-4-2-12(3-5-13)15-18-16-10-20-15/h2-5,7-10H,1,6H2,(H,17,19). The van der Waals surface area contributed by atoms with Gasteiger partial charge in [-0.2, -0.15) is 11.3 Å². The van der Waals surface area contributed by atoms with Gasteiger partial charge in [0.25, 0.3) is 0 Å². The number of amides is 1. The first kappa shape index (κ1) is 13.5. The van der Waals surface area contributed by atoms with Crippen LogP contribution < -0.4 is 5.32 Å². The Morgan fingerprint density at radius 1 is 1.24 bits per heavy atom. The Hall–Kier alpha value is -2.47. The molecule has 0 bridgehead atoms. The summed E-state index contributed by atoms with van der Waals surface area (Å²) in [4.78, 5) is 11.9. The first-order valence-electron chi connectivity index (χ1n) is 6.49. The molecular formula is C15H13N3O2S. The van der Waals surface area contributed by atoms with Gasteiger partial charge in [-0.25, -0.2) is 0 Å². The number of nitrogens with one attached hydrogen (secondary N) is 1. The maximum Gasteiger partial charge on any atom is 0.247 e. The van der Waals surface area contributed by atoms with Gasteiger partial charge >= 0.3 is 0 Å². The molecule has 1 aromatic carbocycles. The zero-order valence-corrected chi connectivity index (χ0v) is 12.0. The smallest absolute Gasteiger partial charge is 0.247 e. The van der Waals surface area contributed by atoms with Gasteiger partial charge in [0.15, 0.2) is 0 Å².